The number of carbonyl (C=O) groups is 1. The molecular formula is C14H20FNO2. The number of hydrogen-bond acceptors (Lipinski definition) is 3. The lowest BCUT2D eigenvalue weighted by molar-refractivity contribution is -0.144. The fraction of sp³-hybridized carbons (Fsp3) is 0.500. The van der Waals surface area contributed by atoms with Crippen LogP contribution >= 0.6 is 0 Å². The summed E-state index contributed by atoms with van der Waals surface area (Å²) in [5.41, 5.74) is 0.936. The van der Waals surface area contributed by atoms with Crippen LogP contribution < -0.4 is 5.32 Å². The number of carbonyl (C=O) groups excluding carboxylic acids is 1. The topological polar surface area (TPSA) is 38.3 Å². The van der Waals surface area contributed by atoms with Crippen LogP contribution in [0, 0.1) is 11.7 Å². The largest absolute Gasteiger partial charge is 0.468 e. The minimum atomic E-state index is -0.366. The molecule has 0 bridgehead atoms. The molecule has 3 nitrogen and oxygen atoms in total. The standard InChI is InChI=1S/C14H20FNO2/c1-9(2)13(14(17)18-4)16-10(3)11-5-7-12(15)8-6-11/h5-10,13,16H,1-4H3/t10?,13-/m1/s1. The van der Waals surface area contributed by atoms with Gasteiger partial charge in [0.2, 0.25) is 0 Å². The molecule has 0 saturated carbocycles. The van der Waals surface area contributed by atoms with Crippen molar-refractivity contribution in [3.05, 3.63) is 35.6 Å². The summed E-state index contributed by atoms with van der Waals surface area (Å²) in [5.74, 6) is -0.418. The molecule has 1 unspecified atom stereocenters. The predicted molar refractivity (Wildman–Crippen MR) is 68.6 cm³/mol. The van der Waals surface area contributed by atoms with Gasteiger partial charge in [0.05, 0.1) is 7.11 Å². The van der Waals surface area contributed by atoms with Gasteiger partial charge in [-0.15, -0.1) is 0 Å². The normalized spacial score (nSPS) is 14.3. The summed E-state index contributed by atoms with van der Waals surface area (Å²) >= 11 is 0. The van der Waals surface area contributed by atoms with Gasteiger partial charge in [-0.05, 0) is 30.5 Å². The van der Waals surface area contributed by atoms with Crippen LogP contribution in [-0.4, -0.2) is 19.1 Å². The van der Waals surface area contributed by atoms with Crippen molar-refractivity contribution >= 4 is 5.97 Å². The van der Waals surface area contributed by atoms with Crippen LogP contribution in [-0.2, 0) is 9.53 Å². The Bertz CT molecular complexity index is 389. The van der Waals surface area contributed by atoms with E-state index < -0.39 is 0 Å². The summed E-state index contributed by atoms with van der Waals surface area (Å²) in [6.45, 7) is 5.84. The van der Waals surface area contributed by atoms with E-state index in [1.54, 1.807) is 12.1 Å². The molecule has 2 atom stereocenters. The first-order chi connectivity index (χ1) is 8.45. The van der Waals surface area contributed by atoms with Crippen LogP contribution in [0.15, 0.2) is 24.3 Å². The number of methoxy groups -OCH3 is 1. The fourth-order valence-electron chi connectivity index (χ4n) is 1.78. The van der Waals surface area contributed by atoms with Gasteiger partial charge in [-0.25, -0.2) is 4.39 Å². The SMILES string of the molecule is COC(=O)[C@H](NC(C)c1ccc(F)cc1)C(C)C. The van der Waals surface area contributed by atoms with Crippen LogP contribution in [0.25, 0.3) is 0 Å². The first-order valence-corrected chi connectivity index (χ1v) is 6.05. The van der Waals surface area contributed by atoms with Gasteiger partial charge in [0.1, 0.15) is 11.9 Å². The van der Waals surface area contributed by atoms with Gasteiger partial charge in [-0.2, -0.15) is 0 Å². The summed E-state index contributed by atoms with van der Waals surface area (Å²) in [7, 11) is 1.38. The highest BCUT2D eigenvalue weighted by atomic mass is 19.1. The smallest absolute Gasteiger partial charge is 0.323 e. The molecule has 1 aromatic rings. The van der Waals surface area contributed by atoms with E-state index in [2.05, 4.69) is 5.32 Å². The average molecular weight is 253 g/mol. The molecule has 1 aromatic carbocycles. The van der Waals surface area contributed by atoms with Crippen molar-refractivity contribution in [3.8, 4) is 0 Å². The first kappa shape index (κ1) is 14.6. The average Bonchev–Trinajstić information content (AvgIpc) is 2.35. The fourth-order valence-corrected chi connectivity index (χ4v) is 1.78. The Labute approximate surface area is 107 Å². The Hall–Kier alpha value is -1.42. The third-order valence-corrected chi connectivity index (χ3v) is 2.92. The van der Waals surface area contributed by atoms with Crippen molar-refractivity contribution in [2.45, 2.75) is 32.9 Å². The number of rotatable bonds is 5. The van der Waals surface area contributed by atoms with Crippen LogP contribution in [0.1, 0.15) is 32.4 Å². The van der Waals surface area contributed by atoms with Crippen LogP contribution in [0.5, 0.6) is 0 Å². The van der Waals surface area contributed by atoms with E-state index in [0.29, 0.717) is 0 Å². The molecule has 0 saturated heterocycles. The Morgan fingerprint density at radius 1 is 1.22 bits per heavy atom. The maximum absolute atomic E-state index is 12.8. The van der Waals surface area contributed by atoms with Gasteiger partial charge >= 0.3 is 5.97 Å². The third-order valence-electron chi connectivity index (χ3n) is 2.92. The van der Waals surface area contributed by atoms with Gasteiger partial charge in [-0.1, -0.05) is 26.0 Å². The van der Waals surface area contributed by atoms with E-state index in [-0.39, 0.29) is 29.8 Å². The number of benzene rings is 1. The van der Waals surface area contributed by atoms with Crippen LogP contribution in [0.4, 0.5) is 4.39 Å². The molecule has 4 heteroatoms. The number of ether oxygens (including phenoxy) is 1. The number of hydrogen-bond donors (Lipinski definition) is 1. The van der Waals surface area contributed by atoms with E-state index >= 15 is 0 Å². The summed E-state index contributed by atoms with van der Waals surface area (Å²) in [6.07, 6.45) is 0. The molecule has 1 N–H and O–H groups in total. The van der Waals surface area contributed by atoms with Crippen molar-refractivity contribution < 1.29 is 13.9 Å². The minimum Gasteiger partial charge on any atom is -0.468 e. The van der Waals surface area contributed by atoms with Crippen molar-refractivity contribution in [1.29, 1.82) is 0 Å². The maximum Gasteiger partial charge on any atom is 0.323 e. The minimum absolute atomic E-state index is 0.0444. The molecular weight excluding hydrogens is 233 g/mol. The summed E-state index contributed by atoms with van der Waals surface area (Å²) < 4.78 is 17.6. The molecule has 0 fully saturated rings. The van der Waals surface area contributed by atoms with Gasteiger partial charge < -0.3 is 4.74 Å². The van der Waals surface area contributed by atoms with E-state index in [1.807, 2.05) is 20.8 Å². The van der Waals surface area contributed by atoms with Crippen LogP contribution in [0.2, 0.25) is 0 Å². The highest BCUT2D eigenvalue weighted by Crippen LogP contribution is 2.16. The number of halogens is 1. The summed E-state index contributed by atoms with van der Waals surface area (Å²) in [4.78, 5) is 11.6. The zero-order valence-corrected chi connectivity index (χ0v) is 11.2. The van der Waals surface area contributed by atoms with Crippen molar-refractivity contribution in [1.82, 2.24) is 5.32 Å². The van der Waals surface area contributed by atoms with E-state index in [4.69, 9.17) is 4.74 Å². The molecule has 0 heterocycles. The Kier molecular flexibility index (Phi) is 5.28. The van der Waals surface area contributed by atoms with E-state index in [0.717, 1.165) is 5.56 Å². The molecule has 0 radical (unpaired) electrons. The van der Waals surface area contributed by atoms with Gasteiger partial charge in [-0.3, -0.25) is 10.1 Å². The monoisotopic (exact) mass is 253 g/mol. The van der Waals surface area contributed by atoms with Gasteiger partial charge in [0.15, 0.2) is 0 Å². The molecule has 18 heavy (non-hydrogen) atoms. The molecule has 1 rings (SSSR count). The highest BCUT2D eigenvalue weighted by Gasteiger charge is 2.24. The summed E-state index contributed by atoms with van der Waals surface area (Å²) in [6, 6.07) is 5.84. The van der Waals surface area contributed by atoms with Crippen molar-refractivity contribution in [2.24, 2.45) is 5.92 Å². The molecule has 0 aliphatic heterocycles. The highest BCUT2D eigenvalue weighted by molar-refractivity contribution is 5.76. The zero-order chi connectivity index (χ0) is 13.7. The second kappa shape index (κ2) is 6.50. The number of esters is 1. The van der Waals surface area contributed by atoms with E-state index in [1.165, 1.54) is 19.2 Å². The zero-order valence-electron chi connectivity index (χ0n) is 11.2. The van der Waals surface area contributed by atoms with E-state index in [9.17, 15) is 9.18 Å². The third kappa shape index (κ3) is 3.81. The van der Waals surface area contributed by atoms with Crippen molar-refractivity contribution in [3.63, 3.8) is 0 Å². The molecule has 0 aliphatic carbocycles. The second-order valence-electron chi connectivity index (χ2n) is 4.68. The molecule has 0 amide bonds. The molecule has 0 aromatic heterocycles. The van der Waals surface area contributed by atoms with Crippen LogP contribution in [0.3, 0.4) is 0 Å². The van der Waals surface area contributed by atoms with Gasteiger partial charge in [0, 0.05) is 6.04 Å². The predicted octanol–water partition coefficient (Wildman–Crippen LogP) is 2.67. The lowest BCUT2D eigenvalue weighted by Crippen LogP contribution is -2.42. The lowest BCUT2D eigenvalue weighted by Gasteiger charge is -2.24. The Balaban J connectivity index is 2.75. The molecule has 100 valence electrons. The molecule has 0 aliphatic rings. The van der Waals surface area contributed by atoms with Gasteiger partial charge in [0.25, 0.3) is 0 Å². The lowest BCUT2D eigenvalue weighted by atomic mass is 10.0. The second-order valence-corrected chi connectivity index (χ2v) is 4.68. The molecule has 0 spiro atoms. The Morgan fingerprint density at radius 3 is 2.22 bits per heavy atom. The first-order valence-electron chi connectivity index (χ1n) is 6.05. The quantitative estimate of drug-likeness (QED) is 0.820. The van der Waals surface area contributed by atoms with Crippen molar-refractivity contribution in [2.75, 3.05) is 7.11 Å². The Morgan fingerprint density at radius 2 is 1.78 bits per heavy atom. The number of nitrogens with one attached hydrogen (secondary N) is 1. The maximum atomic E-state index is 12.8. The summed E-state index contributed by atoms with van der Waals surface area (Å²) in [5, 5.41) is 3.21.